The van der Waals surface area contributed by atoms with Gasteiger partial charge < -0.3 is 19.7 Å². The molecule has 0 unspecified atom stereocenters. The molecule has 1 N–H and O–H groups in total. The van der Waals surface area contributed by atoms with Crippen LogP contribution < -0.4 is 14.8 Å². The van der Waals surface area contributed by atoms with E-state index in [2.05, 4.69) is 5.32 Å². The van der Waals surface area contributed by atoms with Crippen LogP contribution in [-0.4, -0.2) is 22.5 Å². The number of fused-ring (bicyclic) bond motifs is 2. The summed E-state index contributed by atoms with van der Waals surface area (Å²) in [6.45, 7) is 0.292. The maximum atomic E-state index is 13.4. The quantitative estimate of drug-likeness (QED) is 0.521. The lowest BCUT2D eigenvalue weighted by Gasteiger charge is -2.38. The summed E-state index contributed by atoms with van der Waals surface area (Å²) in [6, 6.07) is 19.6. The van der Waals surface area contributed by atoms with Crippen LogP contribution in [0.25, 0.3) is 0 Å². The fourth-order valence-corrected chi connectivity index (χ4v) is 3.81. The maximum absolute atomic E-state index is 13.4. The Kier molecular flexibility index (Phi) is 4.24. The highest BCUT2D eigenvalue weighted by Crippen LogP contribution is 2.44. The second-order valence-corrected chi connectivity index (χ2v) is 7.03. The molecule has 30 heavy (non-hydrogen) atoms. The summed E-state index contributed by atoms with van der Waals surface area (Å²) < 4.78 is 10.7. The van der Waals surface area contributed by atoms with E-state index in [0.29, 0.717) is 28.3 Å². The van der Waals surface area contributed by atoms with Crippen molar-refractivity contribution < 1.29 is 19.2 Å². The van der Waals surface area contributed by atoms with Crippen molar-refractivity contribution in [3.8, 4) is 11.5 Å². The third kappa shape index (κ3) is 2.98. The van der Waals surface area contributed by atoms with Crippen LogP contribution in [0, 0.1) is 10.1 Å². The molecule has 5 rings (SSSR count). The number of anilines is 1. The second kappa shape index (κ2) is 7.07. The zero-order valence-electron chi connectivity index (χ0n) is 15.8. The van der Waals surface area contributed by atoms with Gasteiger partial charge in [-0.2, -0.15) is 0 Å². The first-order valence-corrected chi connectivity index (χ1v) is 9.40. The van der Waals surface area contributed by atoms with Gasteiger partial charge >= 0.3 is 0 Å². The van der Waals surface area contributed by atoms with Crippen LogP contribution >= 0.6 is 0 Å². The molecule has 1 amide bonds. The minimum Gasteiger partial charge on any atom is -0.454 e. The van der Waals surface area contributed by atoms with E-state index < -0.39 is 11.1 Å². The van der Waals surface area contributed by atoms with Crippen LogP contribution in [0.5, 0.6) is 11.5 Å². The molecule has 0 saturated carbocycles. The smallest absolute Gasteiger partial charge is 0.280 e. The topological polar surface area (TPSA) is 93.9 Å². The van der Waals surface area contributed by atoms with E-state index in [4.69, 9.17) is 9.47 Å². The van der Waals surface area contributed by atoms with E-state index in [1.54, 1.807) is 29.2 Å². The molecule has 0 aliphatic carbocycles. The summed E-state index contributed by atoms with van der Waals surface area (Å²) in [7, 11) is 0. The van der Waals surface area contributed by atoms with Crippen molar-refractivity contribution in [3.63, 3.8) is 0 Å². The Morgan fingerprint density at radius 3 is 2.50 bits per heavy atom. The molecule has 8 heteroatoms. The fraction of sp³-hybridized carbons (Fsp3) is 0.136. The van der Waals surface area contributed by atoms with E-state index in [9.17, 15) is 14.9 Å². The molecule has 0 saturated heterocycles. The predicted molar refractivity (Wildman–Crippen MR) is 108 cm³/mol. The Hall–Kier alpha value is -4.07. The van der Waals surface area contributed by atoms with Crippen molar-refractivity contribution >= 4 is 17.3 Å². The van der Waals surface area contributed by atoms with E-state index >= 15 is 0 Å². The third-order valence-corrected chi connectivity index (χ3v) is 5.23. The first-order chi connectivity index (χ1) is 14.6. The minimum absolute atomic E-state index is 0.00350. The summed E-state index contributed by atoms with van der Waals surface area (Å²) in [5, 5.41) is 15.1. The number of nitrogens with one attached hydrogen (secondary N) is 1. The molecule has 3 aromatic carbocycles. The number of nitrogens with zero attached hydrogens (tertiary/aromatic N) is 2. The predicted octanol–water partition coefficient (Wildman–Crippen LogP) is 4.09. The largest absolute Gasteiger partial charge is 0.454 e. The summed E-state index contributed by atoms with van der Waals surface area (Å²) >= 11 is 0. The molecular formula is C22H17N3O5. The number of hydrogen-bond donors (Lipinski definition) is 1. The SMILES string of the molecule is O=C1c2ccccc2N[C@@H](c2cc3c(cc2[N+](=O)[O-])OCO3)N1Cc1ccccc1. The Morgan fingerprint density at radius 2 is 1.73 bits per heavy atom. The van der Waals surface area contributed by atoms with Gasteiger partial charge in [0.2, 0.25) is 6.79 Å². The summed E-state index contributed by atoms with van der Waals surface area (Å²) in [5.41, 5.74) is 2.27. The minimum atomic E-state index is -0.748. The van der Waals surface area contributed by atoms with Gasteiger partial charge in [-0.25, -0.2) is 0 Å². The van der Waals surface area contributed by atoms with Crippen molar-refractivity contribution in [3.05, 3.63) is 93.5 Å². The average molecular weight is 403 g/mol. The van der Waals surface area contributed by atoms with E-state index in [0.717, 1.165) is 5.56 Å². The number of carbonyl (C=O) groups is 1. The molecule has 8 nitrogen and oxygen atoms in total. The first-order valence-electron chi connectivity index (χ1n) is 9.40. The van der Waals surface area contributed by atoms with Gasteiger partial charge in [-0.3, -0.25) is 14.9 Å². The Balaban J connectivity index is 1.65. The lowest BCUT2D eigenvalue weighted by Crippen LogP contribution is -2.42. The Bertz CT molecular complexity index is 1150. The molecule has 0 radical (unpaired) electrons. The monoisotopic (exact) mass is 403 g/mol. The average Bonchev–Trinajstić information content (AvgIpc) is 3.23. The fourth-order valence-electron chi connectivity index (χ4n) is 3.81. The number of carbonyl (C=O) groups excluding carboxylic acids is 1. The molecule has 2 heterocycles. The number of para-hydroxylation sites is 1. The van der Waals surface area contributed by atoms with Crippen molar-refractivity contribution in [1.82, 2.24) is 4.90 Å². The van der Waals surface area contributed by atoms with Gasteiger partial charge in [0.05, 0.1) is 22.1 Å². The van der Waals surface area contributed by atoms with Crippen LogP contribution in [0.1, 0.15) is 27.7 Å². The van der Waals surface area contributed by atoms with Gasteiger partial charge in [-0.05, 0) is 23.8 Å². The standard InChI is InChI=1S/C22H17N3O5/c26-22-15-8-4-5-9-17(15)23-21(24(22)12-14-6-2-1-3-7-14)16-10-19-20(30-13-29-19)11-18(16)25(27)28/h1-11,21,23H,12-13H2/t21-/m1/s1. The van der Waals surface area contributed by atoms with Crippen LogP contribution in [-0.2, 0) is 6.54 Å². The van der Waals surface area contributed by atoms with E-state index in [1.807, 2.05) is 36.4 Å². The van der Waals surface area contributed by atoms with Gasteiger partial charge in [-0.1, -0.05) is 42.5 Å². The molecule has 150 valence electrons. The van der Waals surface area contributed by atoms with Gasteiger partial charge in [-0.15, -0.1) is 0 Å². The van der Waals surface area contributed by atoms with Crippen molar-refractivity contribution in [1.29, 1.82) is 0 Å². The lowest BCUT2D eigenvalue weighted by molar-refractivity contribution is -0.385. The van der Waals surface area contributed by atoms with Crippen LogP contribution in [0.4, 0.5) is 11.4 Å². The zero-order valence-corrected chi connectivity index (χ0v) is 15.8. The lowest BCUT2D eigenvalue weighted by atomic mass is 10.0. The number of amides is 1. The molecule has 3 aromatic rings. The normalized spacial score (nSPS) is 16.7. The van der Waals surface area contributed by atoms with E-state index in [1.165, 1.54) is 6.07 Å². The van der Waals surface area contributed by atoms with Crippen molar-refractivity contribution in [2.45, 2.75) is 12.7 Å². The molecular weight excluding hydrogens is 386 g/mol. The number of ether oxygens (including phenoxy) is 2. The Morgan fingerprint density at radius 1 is 1.03 bits per heavy atom. The van der Waals surface area contributed by atoms with Crippen LogP contribution in [0.15, 0.2) is 66.7 Å². The van der Waals surface area contributed by atoms with Gasteiger partial charge in [0.25, 0.3) is 11.6 Å². The second-order valence-electron chi connectivity index (χ2n) is 7.03. The first kappa shape index (κ1) is 18.0. The number of nitro groups is 1. The molecule has 2 aliphatic rings. The number of benzene rings is 3. The molecule has 0 spiro atoms. The summed E-state index contributed by atoms with van der Waals surface area (Å²) in [4.78, 5) is 26.3. The number of nitro benzene ring substituents is 1. The molecule has 0 bridgehead atoms. The summed E-state index contributed by atoms with van der Waals surface area (Å²) in [5.74, 6) is 0.538. The number of hydrogen-bond acceptors (Lipinski definition) is 6. The van der Waals surface area contributed by atoms with Crippen molar-refractivity contribution in [2.24, 2.45) is 0 Å². The van der Waals surface area contributed by atoms with Crippen LogP contribution in [0.3, 0.4) is 0 Å². The maximum Gasteiger partial charge on any atom is 0.280 e. The molecule has 2 aliphatic heterocycles. The highest BCUT2D eigenvalue weighted by Gasteiger charge is 2.38. The molecule has 1 atom stereocenters. The van der Waals surface area contributed by atoms with Gasteiger partial charge in [0.1, 0.15) is 6.17 Å². The molecule has 0 aromatic heterocycles. The molecule has 0 fully saturated rings. The van der Waals surface area contributed by atoms with Crippen LogP contribution in [0.2, 0.25) is 0 Å². The highest BCUT2D eigenvalue weighted by molar-refractivity contribution is 6.01. The van der Waals surface area contributed by atoms with Gasteiger partial charge in [0.15, 0.2) is 11.5 Å². The van der Waals surface area contributed by atoms with Crippen molar-refractivity contribution in [2.75, 3.05) is 12.1 Å². The van der Waals surface area contributed by atoms with Gasteiger partial charge in [0, 0.05) is 12.2 Å². The van der Waals surface area contributed by atoms with E-state index in [-0.39, 0.29) is 24.9 Å². The Labute approximate surface area is 171 Å². The summed E-state index contributed by atoms with van der Waals surface area (Å²) in [6.07, 6.45) is -0.748. The highest BCUT2D eigenvalue weighted by atomic mass is 16.7. The third-order valence-electron chi connectivity index (χ3n) is 5.23. The number of rotatable bonds is 4. The zero-order chi connectivity index (χ0) is 20.7.